The smallest absolute Gasteiger partial charge is 0.243 e. The average molecular weight is 398 g/mol. The summed E-state index contributed by atoms with van der Waals surface area (Å²) in [7, 11) is 1.92. The van der Waals surface area contributed by atoms with Crippen LogP contribution in [0.5, 0.6) is 0 Å². The molecule has 1 aromatic heterocycles. The van der Waals surface area contributed by atoms with E-state index in [-0.39, 0.29) is 12.5 Å². The molecular weight excluding hydrogens is 378 g/mol. The topological polar surface area (TPSA) is 45.2 Å². The molecule has 1 N–H and O–H groups in total. The normalized spacial score (nSPS) is 10.7. The molecule has 0 unspecified atom stereocenters. The van der Waals surface area contributed by atoms with Crippen LogP contribution in [0.1, 0.15) is 11.1 Å². The van der Waals surface area contributed by atoms with Gasteiger partial charge in [0.05, 0.1) is 12.1 Å². The maximum Gasteiger partial charge on any atom is 0.243 e. The van der Waals surface area contributed by atoms with E-state index >= 15 is 0 Å². The molecule has 0 bridgehead atoms. The largest absolute Gasteiger partial charge is 0.365 e. The summed E-state index contributed by atoms with van der Waals surface area (Å²) in [5.74, 6) is -0.0418. The number of para-hydroxylation sites is 1. The van der Waals surface area contributed by atoms with E-state index in [4.69, 9.17) is 0 Å². The quantitative estimate of drug-likeness (QED) is 0.694. The first kappa shape index (κ1) is 17.4. The number of carbonyl (C=O) groups is 1. The third-order valence-corrected chi connectivity index (χ3v) is 4.71. The number of hydrogen-bond acceptors (Lipinski definition) is 3. The number of benzene rings is 2. The molecule has 5 heteroatoms. The molecule has 0 fully saturated rings. The lowest BCUT2D eigenvalue weighted by molar-refractivity contribution is -0.114. The number of halogens is 1. The van der Waals surface area contributed by atoms with Crippen molar-refractivity contribution >= 4 is 44.1 Å². The fourth-order valence-electron chi connectivity index (χ4n) is 2.93. The Balaban J connectivity index is 1.82. The maximum absolute atomic E-state index is 12.5. The Labute approximate surface area is 156 Å². The molecule has 0 aliphatic carbocycles. The number of anilines is 2. The first-order chi connectivity index (χ1) is 12.0. The highest BCUT2D eigenvalue weighted by molar-refractivity contribution is 9.10. The van der Waals surface area contributed by atoms with Gasteiger partial charge in [-0.15, -0.1) is 0 Å². The maximum atomic E-state index is 12.5. The molecule has 0 aliphatic heterocycles. The van der Waals surface area contributed by atoms with Crippen LogP contribution in [-0.2, 0) is 4.79 Å². The van der Waals surface area contributed by atoms with E-state index in [1.807, 2.05) is 68.3 Å². The lowest BCUT2D eigenvalue weighted by atomic mass is 10.1. The second-order valence-electron chi connectivity index (χ2n) is 6.16. The van der Waals surface area contributed by atoms with Gasteiger partial charge in [-0.3, -0.25) is 9.78 Å². The fraction of sp³-hybridized carbons (Fsp3) is 0.200. The molecule has 25 heavy (non-hydrogen) atoms. The molecule has 0 aliphatic rings. The van der Waals surface area contributed by atoms with Crippen LogP contribution in [0.2, 0.25) is 0 Å². The average Bonchev–Trinajstić information content (AvgIpc) is 2.57. The highest BCUT2D eigenvalue weighted by atomic mass is 79.9. The van der Waals surface area contributed by atoms with Crippen molar-refractivity contribution in [3.63, 3.8) is 0 Å². The summed E-state index contributed by atoms with van der Waals surface area (Å²) in [6, 6.07) is 13.9. The number of fused-ring (bicyclic) bond motifs is 1. The lowest BCUT2D eigenvalue weighted by Gasteiger charge is -2.21. The van der Waals surface area contributed by atoms with E-state index in [0.29, 0.717) is 0 Å². The van der Waals surface area contributed by atoms with Crippen molar-refractivity contribution in [3.05, 3.63) is 64.3 Å². The highest BCUT2D eigenvalue weighted by Crippen LogP contribution is 2.27. The van der Waals surface area contributed by atoms with Crippen LogP contribution < -0.4 is 10.2 Å². The third-order valence-electron chi connectivity index (χ3n) is 4.22. The number of amides is 1. The van der Waals surface area contributed by atoms with Crippen molar-refractivity contribution in [1.82, 2.24) is 4.98 Å². The second kappa shape index (κ2) is 7.23. The zero-order chi connectivity index (χ0) is 18.0. The zero-order valence-electron chi connectivity index (χ0n) is 14.5. The second-order valence-corrected chi connectivity index (χ2v) is 7.08. The third kappa shape index (κ3) is 3.82. The van der Waals surface area contributed by atoms with Crippen LogP contribution in [-0.4, -0.2) is 24.5 Å². The van der Waals surface area contributed by atoms with E-state index in [0.717, 1.165) is 37.9 Å². The number of rotatable bonds is 4. The number of pyridine rings is 1. The van der Waals surface area contributed by atoms with Crippen LogP contribution in [0.3, 0.4) is 0 Å². The van der Waals surface area contributed by atoms with Gasteiger partial charge in [0.15, 0.2) is 0 Å². The van der Waals surface area contributed by atoms with E-state index < -0.39 is 0 Å². The molecular formula is C20H20BrN3O. The van der Waals surface area contributed by atoms with Crippen LogP contribution >= 0.6 is 15.9 Å². The van der Waals surface area contributed by atoms with Crippen molar-refractivity contribution < 1.29 is 4.79 Å². The van der Waals surface area contributed by atoms with E-state index in [1.165, 1.54) is 0 Å². The number of hydrogen-bond donors (Lipinski definition) is 1. The van der Waals surface area contributed by atoms with Crippen molar-refractivity contribution in [2.75, 3.05) is 23.8 Å². The van der Waals surface area contributed by atoms with Gasteiger partial charge in [-0.05, 0) is 49.2 Å². The predicted octanol–water partition coefficient (Wildman–Crippen LogP) is 4.69. The summed E-state index contributed by atoms with van der Waals surface area (Å²) in [6.45, 7) is 4.26. The van der Waals surface area contributed by atoms with Gasteiger partial charge >= 0.3 is 0 Å². The molecule has 128 valence electrons. The zero-order valence-corrected chi connectivity index (χ0v) is 16.1. The molecule has 0 spiro atoms. The Morgan fingerprint density at radius 3 is 2.60 bits per heavy atom. The molecule has 0 saturated carbocycles. The summed E-state index contributed by atoms with van der Waals surface area (Å²) >= 11 is 3.50. The standard InChI is InChI=1S/C20H20BrN3O/c1-13-5-4-6-14(2)20(13)23-19(25)12-24(3)18-9-10-22-17-8-7-15(21)11-16(17)18/h4-11H,12H2,1-3H3,(H,23,25). The molecule has 0 atom stereocenters. The molecule has 1 amide bonds. The molecule has 2 aromatic carbocycles. The van der Waals surface area contributed by atoms with Gasteiger partial charge in [-0.2, -0.15) is 0 Å². The van der Waals surface area contributed by atoms with Crippen LogP contribution in [0.25, 0.3) is 10.9 Å². The van der Waals surface area contributed by atoms with E-state index in [1.54, 1.807) is 6.20 Å². The van der Waals surface area contributed by atoms with Crippen LogP contribution in [0.15, 0.2) is 53.1 Å². The van der Waals surface area contributed by atoms with Gasteiger partial charge in [0.1, 0.15) is 0 Å². The minimum Gasteiger partial charge on any atom is -0.365 e. The number of carbonyl (C=O) groups excluding carboxylic acids is 1. The van der Waals surface area contributed by atoms with E-state index in [2.05, 4.69) is 26.2 Å². The van der Waals surface area contributed by atoms with Crippen molar-refractivity contribution in [3.8, 4) is 0 Å². The lowest BCUT2D eigenvalue weighted by Crippen LogP contribution is -2.30. The Morgan fingerprint density at radius 2 is 1.88 bits per heavy atom. The van der Waals surface area contributed by atoms with Gasteiger partial charge in [0.2, 0.25) is 5.91 Å². The number of nitrogens with zero attached hydrogens (tertiary/aromatic N) is 2. The summed E-state index contributed by atoms with van der Waals surface area (Å²) in [6.07, 6.45) is 1.77. The minimum atomic E-state index is -0.0418. The van der Waals surface area contributed by atoms with Crippen LogP contribution in [0, 0.1) is 13.8 Å². The number of aromatic nitrogens is 1. The first-order valence-electron chi connectivity index (χ1n) is 8.07. The first-order valence-corrected chi connectivity index (χ1v) is 8.86. The summed E-state index contributed by atoms with van der Waals surface area (Å²) in [5, 5.41) is 4.05. The monoisotopic (exact) mass is 397 g/mol. The SMILES string of the molecule is Cc1cccc(C)c1NC(=O)CN(C)c1ccnc2ccc(Br)cc12. The summed E-state index contributed by atoms with van der Waals surface area (Å²) < 4.78 is 0.989. The minimum absolute atomic E-state index is 0.0418. The Morgan fingerprint density at radius 1 is 1.16 bits per heavy atom. The van der Waals surface area contributed by atoms with Gasteiger partial charge in [-0.1, -0.05) is 34.1 Å². The van der Waals surface area contributed by atoms with Crippen molar-refractivity contribution in [2.24, 2.45) is 0 Å². The molecule has 3 rings (SSSR count). The highest BCUT2D eigenvalue weighted by Gasteiger charge is 2.13. The predicted molar refractivity (Wildman–Crippen MR) is 107 cm³/mol. The Bertz CT molecular complexity index is 919. The van der Waals surface area contributed by atoms with Gasteiger partial charge in [-0.25, -0.2) is 0 Å². The Hall–Kier alpha value is -2.40. The summed E-state index contributed by atoms with van der Waals surface area (Å²) in [4.78, 5) is 18.9. The fourth-order valence-corrected chi connectivity index (χ4v) is 3.29. The Kier molecular flexibility index (Phi) is 5.04. The van der Waals surface area contributed by atoms with Crippen molar-refractivity contribution in [1.29, 1.82) is 0 Å². The number of aryl methyl sites for hydroxylation is 2. The summed E-state index contributed by atoms with van der Waals surface area (Å²) in [5.41, 5.74) is 4.90. The molecule has 3 aromatic rings. The van der Waals surface area contributed by atoms with Crippen molar-refractivity contribution in [2.45, 2.75) is 13.8 Å². The molecule has 4 nitrogen and oxygen atoms in total. The van der Waals surface area contributed by atoms with Gasteiger partial charge in [0, 0.05) is 34.5 Å². The molecule has 0 saturated heterocycles. The van der Waals surface area contributed by atoms with Crippen LogP contribution in [0.4, 0.5) is 11.4 Å². The van der Waals surface area contributed by atoms with Gasteiger partial charge < -0.3 is 10.2 Å². The molecule has 0 radical (unpaired) electrons. The van der Waals surface area contributed by atoms with E-state index in [9.17, 15) is 4.79 Å². The molecule has 1 heterocycles. The number of nitrogens with one attached hydrogen (secondary N) is 1. The number of likely N-dealkylation sites (N-methyl/N-ethyl adjacent to an activating group) is 1. The van der Waals surface area contributed by atoms with Gasteiger partial charge in [0.25, 0.3) is 0 Å².